The summed E-state index contributed by atoms with van der Waals surface area (Å²) in [4.78, 5) is 28.0. The number of carbonyl (C=O) groups excluding carboxylic acids is 1. The maximum Gasteiger partial charge on any atom is 0.326 e. The second-order valence-corrected chi connectivity index (χ2v) is 4.98. The summed E-state index contributed by atoms with van der Waals surface area (Å²) in [6.45, 7) is 1.57. The van der Waals surface area contributed by atoms with Gasteiger partial charge in [0.25, 0.3) is 5.56 Å². The van der Waals surface area contributed by atoms with Gasteiger partial charge in [0.1, 0.15) is 13.2 Å². The number of hydrogen-bond acceptors (Lipinski definition) is 5. The van der Waals surface area contributed by atoms with Gasteiger partial charge in [0, 0.05) is 7.05 Å². The minimum atomic E-state index is -0.515. The average Bonchev–Trinajstić information content (AvgIpc) is 2.54. The maximum atomic E-state index is 12.2. The van der Waals surface area contributed by atoms with Crippen LogP contribution < -0.4 is 10.9 Å². The van der Waals surface area contributed by atoms with E-state index in [1.807, 2.05) is 30.3 Å². The number of rotatable bonds is 5. The highest BCUT2D eigenvalue weighted by atomic mass is 35.5. The molecule has 0 aliphatic heterocycles. The highest BCUT2D eigenvalue weighted by molar-refractivity contribution is 6.30. The number of nitrogens with one attached hydrogen (secondary N) is 1. The molecule has 1 N–H and O–H groups in total. The first kappa shape index (κ1) is 16.0. The van der Waals surface area contributed by atoms with Crippen LogP contribution in [0.2, 0.25) is 5.15 Å². The Balaban J connectivity index is 2.12. The highest BCUT2D eigenvalue weighted by Crippen LogP contribution is 2.12. The van der Waals surface area contributed by atoms with Gasteiger partial charge in [-0.1, -0.05) is 41.9 Å². The average molecular weight is 322 g/mol. The number of carbonyl (C=O) groups is 1. The van der Waals surface area contributed by atoms with Crippen LogP contribution in [-0.4, -0.2) is 22.6 Å². The fraction of sp³-hybridized carbons (Fsp3) is 0.267. The van der Waals surface area contributed by atoms with Crippen molar-refractivity contribution >= 4 is 23.4 Å². The molecular formula is C15H16ClN3O3. The van der Waals surface area contributed by atoms with E-state index in [1.54, 1.807) is 14.0 Å². The van der Waals surface area contributed by atoms with Gasteiger partial charge in [0.2, 0.25) is 0 Å². The van der Waals surface area contributed by atoms with E-state index in [0.717, 1.165) is 5.56 Å². The van der Waals surface area contributed by atoms with Crippen molar-refractivity contribution in [1.29, 1.82) is 0 Å². The maximum absolute atomic E-state index is 12.2. The summed E-state index contributed by atoms with van der Waals surface area (Å²) >= 11 is 5.96. The summed E-state index contributed by atoms with van der Waals surface area (Å²) in [6.07, 6.45) is 0. The molecule has 0 amide bonds. The fourth-order valence-corrected chi connectivity index (χ4v) is 2.07. The predicted octanol–water partition coefficient (Wildman–Crippen LogP) is 1.99. The Morgan fingerprint density at radius 3 is 2.68 bits per heavy atom. The van der Waals surface area contributed by atoms with Crippen molar-refractivity contribution < 1.29 is 9.53 Å². The Bertz CT molecular complexity index is 729. The second kappa shape index (κ2) is 7.09. The standard InChI is InChI=1S/C15H16ClN3O3/c1-10-13(16)18-14(17-2)15(21)19(10)8-12(20)22-9-11-6-4-3-5-7-11/h3-7H,8-9H2,1-2H3,(H,17,18). The van der Waals surface area contributed by atoms with Crippen LogP contribution in [0.3, 0.4) is 0 Å². The molecule has 2 rings (SSSR count). The zero-order valence-electron chi connectivity index (χ0n) is 12.3. The van der Waals surface area contributed by atoms with Gasteiger partial charge in [-0.25, -0.2) is 4.98 Å². The Hall–Kier alpha value is -2.34. The van der Waals surface area contributed by atoms with Gasteiger partial charge in [-0.2, -0.15) is 0 Å². The van der Waals surface area contributed by atoms with Crippen LogP contribution in [0.15, 0.2) is 35.1 Å². The number of anilines is 1. The second-order valence-electron chi connectivity index (χ2n) is 4.62. The molecule has 1 heterocycles. The van der Waals surface area contributed by atoms with E-state index in [4.69, 9.17) is 16.3 Å². The number of benzene rings is 1. The molecule has 0 spiro atoms. The summed E-state index contributed by atoms with van der Waals surface area (Å²) < 4.78 is 6.42. The molecule has 1 aromatic heterocycles. The van der Waals surface area contributed by atoms with E-state index in [1.165, 1.54) is 4.57 Å². The van der Waals surface area contributed by atoms with Crippen LogP contribution in [-0.2, 0) is 22.7 Å². The number of halogens is 1. The van der Waals surface area contributed by atoms with Crippen LogP contribution in [0.1, 0.15) is 11.3 Å². The zero-order chi connectivity index (χ0) is 16.1. The van der Waals surface area contributed by atoms with Crippen molar-refractivity contribution in [2.45, 2.75) is 20.1 Å². The summed E-state index contributed by atoms with van der Waals surface area (Å²) in [5.74, 6) is -0.426. The molecular weight excluding hydrogens is 306 g/mol. The van der Waals surface area contributed by atoms with Crippen molar-refractivity contribution in [1.82, 2.24) is 9.55 Å². The summed E-state index contributed by atoms with van der Waals surface area (Å²) in [5, 5.41) is 2.82. The highest BCUT2D eigenvalue weighted by Gasteiger charge is 2.15. The van der Waals surface area contributed by atoms with Crippen molar-refractivity contribution in [2.75, 3.05) is 12.4 Å². The third-order valence-electron chi connectivity index (χ3n) is 3.13. The van der Waals surface area contributed by atoms with Gasteiger partial charge >= 0.3 is 5.97 Å². The van der Waals surface area contributed by atoms with Gasteiger partial charge in [0.05, 0.1) is 5.69 Å². The molecule has 0 fully saturated rings. The molecule has 0 saturated carbocycles. The van der Waals surface area contributed by atoms with Gasteiger partial charge in [0.15, 0.2) is 11.0 Å². The number of hydrogen-bond donors (Lipinski definition) is 1. The van der Waals surface area contributed by atoms with Crippen LogP contribution in [0.4, 0.5) is 5.82 Å². The van der Waals surface area contributed by atoms with Crippen molar-refractivity contribution in [3.8, 4) is 0 Å². The molecule has 0 aliphatic rings. The van der Waals surface area contributed by atoms with Crippen LogP contribution in [0.25, 0.3) is 0 Å². The quantitative estimate of drug-likeness (QED) is 0.853. The summed E-state index contributed by atoms with van der Waals surface area (Å²) in [5.41, 5.74) is 0.881. The van der Waals surface area contributed by atoms with Crippen LogP contribution in [0, 0.1) is 6.92 Å². The normalized spacial score (nSPS) is 10.3. The Morgan fingerprint density at radius 1 is 1.36 bits per heavy atom. The van der Waals surface area contributed by atoms with E-state index in [0.29, 0.717) is 5.69 Å². The monoisotopic (exact) mass is 321 g/mol. The molecule has 0 saturated heterocycles. The first-order valence-corrected chi connectivity index (χ1v) is 7.05. The minimum Gasteiger partial charge on any atom is -0.459 e. The van der Waals surface area contributed by atoms with Crippen molar-refractivity contribution in [2.24, 2.45) is 0 Å². The molecule has 0 atom stereocenters. The summed E-state index contributed by atoms with van der Waals surface area (Å²) in [7, 11) is 1.56. The number of nitrogens with zero attached hydrogens (tertiary/aromatic N) is 2. The third kappa shape index (κ3) is 3.65. The molecule has 7 heteroatoms. The van der Waals surface area contributed by atoms with Gasteiger partial charge in [-0.3, -0.25) is 14.2 Å². The van der Waals surface area contributed by atoms with E-state index in [2.05, 4.69) is 10.3 Å². The molecule has 116 valence electrons. The lowest BCUT2D eigenvalue weighted by Crippen LogP contribution is -2.30. The lowest BCUT2D eigenvalue weighted by molar-refractivity contribution is -0.145. The molecule has 0 aliphatic carbocycles. The SMILES string of the molecule is CNc1nc(Cl)c(C)n(CC(=O)OCc2ccccc2)c1=O. The van der Waals surface area contributed by atoms with Crippen LogP contribution in [0.5, 0.6) is 0 Å². The Kier molecular flexibility index (Phi) is 5.16. The smallest absolute Gasteiger partial charge is 0.326 e. The lowest BCUT2D eigenvalue weighted by atomic mass is 10.2. The summed E-state index contributed by atoms with van der Waals surface area (Å²) in [6, 6.07) is 9.31. The van der Waals surface area contributed by atoms with Gasteiger partial charge in [-0.05, 0) is 12.5 Å². The van der Waals surface area contributed by atoms with E-state index < -0.39 is 11.5 Å². The minimum absolute atomic E-state index is 0.0893. The molecule has 2 aromatic rings. The van der Waals surface area contributed by atoms with E-state index in [9.17, 15) is 9.59 Å². The van der Waals surface area contributed by atoms with Gasteiger partial charge < -0.3 is 10.1 Å². The third-order valence-corrected chi connectivity index (χ3v) is 3.49. The van der Waals surface area contributed by atoms with Crippen LogP contribution >= 0.6 is 11.6 Å². The molecule has 0 unspecified atom stereocenters. The van der Waals surface area contributed by atoms with E-state index in [-0.39, 0.29) is 24.1 Å². The lowest BCUT2D eigenvalue weighted by Gasteiger charge is -2.12. The van der Waals surface area contributed by atoms with E-state index >= 15 is 0 Å². The molecule has 6 nitrogen and oxygen atoms in total. The molecule has 0 radical (unpaired) electrons. The molecule has 0 bridgehead atoms. The first-order valence-electron chi connectivity index (χ1n) is 6.67. The number of ether oxygens (including phenoxy) is 1. The number of esters is 1. The zero-order valence-corrected chi connectivity index (χ0v) is 13.1. The number of aromatic nitrogens is 2. The Morgan fingerprint density at radius 2 is 2.05 bits per heavy atom. The predicted molar refractivity (Wildman–Crippen MR) is 84.0 cm³/mol. The Labute approximate surface area is 132 Å². The van der Waals surface area contributed by atoms with Gasteiger partial charge in [-0.15, -0.1) is 0 Å². The molecule has 22 heavy (non-hydrogen) atoms. The topological polar surface area (TPSA) is 73.2 Å². The first-order chi connectivity index (χ1) is 10.5. The van der Waals surface area contributed by atoms with Crippen molar-refractivity contribution in [3.63, 3.8) is 0 Å². The largest absolute Gasteiger partial charge is 0.459 e. The fourth-order valence-electron chi connectivity index (χ4n) is 1.88. The van der Waals surface area contributed by atoms with Crippen molar-refractivity contribution in [3.05, 3.63) is 57.1 Å². The molecule has 1 aromatic carbocycles.